The molecule has 2 atom stereocenters. The van der Waals surface area contributed by atoms with Crippen LogP contribution in [0.25, 0.3) is 11.0 Å². The highest BCUT2D eigenvalue weighted by Crippen LogP contribution is 2.29. The Morgan fingerprint density at radius 3 is 2.57 bits per heavy atom. The number of rotatable bonds is 1. The molecule has 1 amide bonds. The van der Waals surface area contributed by atoms with Gasteiger partial charge in [-0.15, -0.1) is 0 Å². The summed E-state index contributed by atoms with van der Waals surface area (Å²) >= 11 is 0. The third-order valence-electron chi connectivity index (χ3n) is 3.70. The number of benzene rings is 1. The standard InChI is InChI=1S/C15H16F3N3O2/c1-8-6-21(7-9(2)23-8)13(22)10-3-4-11-12(5-10)20-14(19-11)15(16,17)18/h3-5,8-9H,6-7H2,1-2H3,(H,19,20)/t8-,9+. The lowest BCUT2D eigenvalue weighted by molar-refractivity contribution is -0.144. The van der Waals surface area contributed by atoms with Crippen LogP contribution in [0.5, 0.6) is 0 Å². The number of imidazole rings is 1. The number of amides is 1. The van der Waals surface area contributed by atoms with Crippen LogP contribution in [0.15, 0.2) is 18.2 Å². The molecule has 2 aromatic rings. The fourth-order valence-electron chi connectivity index (χ4n) is 2.80. The Hall–Kier alpha value is -2.09. The summed E-state index contributed by atoms with van der Waals surface area (Å²) in [6.45, 7) is 4.67. The highest BCUT2D eigenvalue weighted by Gasteiger charge is 2.35. The summed E-state index contributed by atoms with van der Waals surface area (Å²) in [6, 6.07) is 4.32. The highest BCUT2D eigenvalue weighted by molar-refractivity contribution is 5.97. The third kappa shape index (κ3) is 3.17. The number of hydrogen-bond donors (Lipinski definition) is 1. The summed E-state index contributed by atoms with van der Waals surface area (Å²) in [4.78, 5) is 19.9. The van der Waals surface area contributed by atoms with E-state index in [-0.39, 0.29) is 29.1 Å². The summed E-state index contributed by atoms with van der Waals surface area (Å²) < 4.78 is 43.6. The minimum absolute atomic E-state index is 0.0737. The number of alkyl halides is 3. The van der Waals surface area contributed by atoms with Gasteiger partial charge in [-0.05, 0) is 32.0 Å². The molecule has 0 unspecified atom stereocenters. The fourth-order valence-corrected chi connectivity index (χ4v) is 2.80. The van der Waals surface area contributed by atoms with Gasteiger partial charge in [0.25, 0.3) is 5.91 Å². The van der Waals surface area contributed by atoms with E-state index in [1.54, 1.807) is 4.90 Å². The van der Waals surface area contributed by atoms with Crippen LogP contribution < -0.4 is 0 Å². The Bertz CT molecular complexity index is 731. The smallest absolute Gasteiger partial charge is 0.372 e. The maximum atomic E-state index is 12.7. The van der Waals surface area contributed by atoms with Gasteiger partial charge in [0, 0.05) is 18.7 Å². The van der Waals surface area contributed by atoms with E-state index < -0.39 is 12.0 Å². The molecule has 1 aliphatic rings. The van der Waals surface area contributed by atoms with Crippen molar-refractivity contribution in [1.29, 1.82) is 0 Å². The van der Waals surface area contributed by atoms with Crippen molar-refractivity contribution >= 4 is 16.9 Å². The van der Waals surface area contributed by atoms with Crippen LogP contribution in [0.2, 0.25) is 0 Å². The van der Waals surface area contributed by atoms with Gasteiger partial charge in [0.2, 0.25) is 5.82 Å². The van der Waals surface area contributed by atoms with Gasteiger partial charge in [-0.3, -0.25) is 4.79 Å². The Labute approximate surface area is 130 Å². The number of hydrogen-bond acceptors (Lipinski definition) is 3. The maximum Gasteiger partial charge on any atom is 0.449 e. The number of nitrogens with one attached hydrogen (secondary N) is 1. The van der Waals surface area contributed by atoms with Crippen LogP contribution in [0.1, 0.15) is 30.0 Å². The van der Waals surface area contributed by atoms with Crippen molar-refractivity contribution in [3.8, 4) is 0 Å². The molecule has 124 valence electrons. The predicted molar refractivity (Wildman–Crippen MR) is 77.0 cm³/mol. The normalized spacial score (nSPS) is 22.6. The van der Waals surface area contributed by atoms with Crippen LogP contribution in [0, 0.1) is 0 Å². The van der Waals surface area contributed by atoms with Gasteiger partial charge in [0.1, 0.15) is 0 Å². The summed E-state index contributed by atoms with van der Waals surface area (Å²) in [5.74, 6) is -1.29. The number of carbonyl (C=O) groups excluding carboxylic acids is 1. The van der Waals surface area contributed by atoms with Crippen LogP contribution in [-0.2, 0) is 10.9 Å². The summed E-state index contributed by atoms with van der Waals surface area (Å²) in [5.41, 5.74) is 0.700. The Kier molecular flexibility index (Phi) is 3.79. The molecule has 1 aromatic heterocycles. The molecule has 8 heteroatoms. The van der Waals surface area contributed by atoms with E-state index in [1.807, 2.05) is 13.8 Å². The predicted octanol–water partition coefficient (Wildman–Crippen LogP) is 2.83. The molecule has 23 heavy (non-hydrogen) atoms. The molecule has 0 saturated carbocycles. The van der Waals surface area contributed by atoms with E-state index in [4.69, 9.17) is 4.74 Å². The van der Waals surface area contributed by atoms with E-state index in [2.05, 4.69) is 9.97 Å². The Morgan fingerprint density at radius 1 is 1.30 bits per heavy atom. The zero-order valence-electron chi connectivity index (χ0n) is 12.6. The molecule has 1 aromatic carbocycles. The molecule has 3 rings (SSSR count). The first kappa shape index (κ1) is 15.8. The molecule has 2 heterocycles. The van der Waals surface area contributed by atoms with Crippen molar-refractivity contribution in [2.45, 2.75) is 32.2 Å². The molecule has 1 fully saturated rings. The van der Waals surface area contributed by atoms with Crippen LogP contribution in [0.3, 0.4) is 0 Å². The number of aromatic nitrogens is 2. The molecule has 1 N–H and O–H groups in total. The van der Waals surface area contributed by atoms with E-state index in [0.717, 1.165) is 0 Å². The minimum atomic E-state index is -4.54. The van der Waals surface area contributed by atoms with Crippen LogP contribution in [0.4, 0.5) is 13.2 Å². The van der Waals surface area contributed by atoms with Crippen LogP contribution in [-0.4, -0.2) is 46.1 Å². The van der Waals surface area contributed by atoms with E-state index in [9.17, 15) is 18.0 Å². The number of ether oxygens (including phenoxy) is 1. The van der Waals surface area contributed by atoms with Crippen molar-refractivity contribution < 1.29 is 22.7 Å². The lowest BCUT2D eigenvalue weighted by Gasteiger charge is -2.35. The van der Waals surface area contributed by atoms with E-state index >= 15 is 0 Å². The van der Waals surface area contributed by atoms with Gasteiger partial charge in [-0.2, -0.15) is 13.2 Å². The fraction of sp³-hybridized carbons (Fsp3) is 0.467. The first-order valence-corrected chi connectivity index (χ1v) is 7.25. The number of halogens is 3. The van der Waals surface area contributed by atoms with Gasteiger partial charge in [-0.1, -0.05) is 0 Å². The zero-order chi connectivity index (χ0) is 16.8. The van der Waals surface area contributed by atoms with Crippen molar-refractivity contribution in [2.75, 3.05) is 13.1 Å². The average molecular weight is 327 g/mol. The van der Waals surface area contributed by atoms with Gasteiger partial charge >= 0.3 is 6.18 Å². The van der Waals surface area contributed by atoms with Crippen LogP contribution >= 0.6 is 0 Å². The number of morpholine rings is 1. The molecule has 0 bridgehead atoms. The number of carbonyl (C=O) groups is 1. The van der Waals surface area contributed by atoms with E-state index in [0.29, 0.717) is 18.7 Å². The van der Waals surface area contributed by atoms with Gasteiger partial charge in [-0.25, -0.2) is 4.98 Å². The topological polar surface area (TPSA) is 58.2 Å². The van der Waals surface area contributed by atoms with Crippen molar-refractivity contribution in [1.82, 2.24) is 14.9 Å². The highest BCUT2D eigenvalue weighted by atomic mass is 19.4. The summed E-state index contributed by atoms with van der Waals surface area (Å²) in [5, 5.41) is 0. The van der Waals surface area contributed by atoms with Crippen molar-refractivity contribution in [3.05, 3.63) is 29.6 Å². The summed E-state index contributed by atoms with van der Waals surface area (Å²) in [7, 11) is 0. The first-order valence-electron chi connectivity index (χ1n) is 7.25. The lowest BCUT2D eigenvalue weighted by Crippen LogP contribution is -2.48. The molecule has 1 aliphatic heterocycles. The number of nitrogens with zero attached hydrogens (tertiary/aromatic N) is 2. The maximum absolute atomic E-state index is 12.7. The van der Waals surface area contributed by atoms with Gasteiger partial charge in [0.05, 0.1) is 23.2 Å². The van der Waals surface area contributed by atoms with Gasteiger partial charge in [0.15, 0.2) is 0 Å². The monoisotopic (exact) mass is 327 g/mol. The summed E-state index contributed by atoms with van der Waals surface area (Å²) in [6.07, 6.45) is -4.69. The molecule has 5 nitrogen and oxygen atoms in total. The second-order valence-corrected chi connectivity index (χ2v) is 5.78. The number of aromatic amines is 1. The molecular formula is C15H16F3N3O2. The second kappa shape index (κ2) is 5.52. The number of H-pyrrole nitrogens is 1. The quantitative estimate of drug-likeness (QED) is 0.876. The first-order chi connectivity index (χ1) is 10.7. The van der Waals surface area contributed by atoms with E-state index in [1.165, 1.54) is 18.2 Å². The largest absolute Gasteiger partial charge is 0.449 e. The lowest BCUT2D eigenvalue weighted by atomic mass is 10.1. The Morgan fingerprint density at radius 2 is 1.96 bits per heavy atom. The molecular weight excluding hydrogens is 311 g/mol. The average Bonchev–Trinajstić information content (AvgIpc) is 2.88. The van der Waals surface area contributed by atoms with Gasteiger partial charge < -0.3 is 14.6 Å². The number of fused-ring (bicyclic) bond motifs is 1. The molecule has 0 radical (unpaired) electrons. The van der Waals surface area contributed by atoms with Crippen molar-refractivity contribution in [2.24, 2.45) is 0 Å². The third-order valence-corrected chi connectivity index (χ3v) is 3.70. The van der Waals surface area contributed by atoms with Crippen molar-refractivity contribution in [3.63, 3.8) is 0 Å². The molecule has 0 spiro atoms. The Balaban J connectivity index is 1.89. The second-order valence-electron chi connectivity index (χ2n) is 5.78. The zero-order valence-corrected chi connectivity index (χ0v) is 12.6. The SMILES string of the molecule is C[C@@H]1CN(C(=O)c2ccc3nc(C(F)(F)F)[nH]c3c2)C[C@H](C)O1. The minimum Gasteiger partial charge on any atom is -0.372 e. The molecule has 1 saturated heterocycles. The molecule has 0 aliphatic carbocycles.